The minimum Gasteiger partial charge on any atom is -0.395 e. The van der Waals surface area contributed by atoms with E-state index in [0.717, 1.165) is 23.5 Å². The van der Waals surface area contributed by atoms with Gasteiger partial charge >= 0.3 is 0 Å². The van der Waals surface area contributed by atoms with Crippen molar-refractivity contribution >= 4 is 11.8 Å². The molecular formula is C19H27N5O3. The Hall–Kier alpha value is -2.61. The first-order chi connectivity index (χ1) is 13.1. The van der Waals surface area contributed by atoms with Crippen LogP contribution in [0.3, 0.4) is 0 Å². The van der Waals surface area contributed by atoms with Crippen LogP contribution < -0.4 is 5.32 Å². The van der Waals surface area contributed by atoms with Gasteiger partial charge in [-0.2, -0.15) is 5.10 Å². The fourth-order valence-electron chi connectivity index (χ4n) is 3.34. The number of fused-ring (bicyclic) bond motifs is 1. The number of hydrogen-bond donors (Lipinski definition) is 2. The van der Waals surface area contributed by atoms with Crippen molar-refractivity contribution in [3.63, 3.8) is 0 Å². The van der Waals surface area contributed by atoms with Crippen molar-refractivity contribution in [2.45, 2.75) is 38.8 Å². The lowest BCUT2D eigenvalue weighted by molar-refractivity contribution is -0.132. The van der Waals surface area contributed by atoms with Crippen LogP contribution in [0.5, 0.6) is 0 Å². The van der Waals surface area contributed by atoms with Crippen LogP contribution in [0.2, 0.25) is 0 Å². The lowest BCUT2D eigenvalue weighted by Crippen LogP contribution is -2.38. The minimum atomic E-state index is -0.0903. The molecule has 0 aliphatic carbocycles. The summed E-state index contributed by atoms with van der Waals surface area (Å²) in [6.07, 6.45) is 4.13. The average molecular weight is 373 g/mol. The van der Waals surface area contributed by atoms with E-state index < -0.39 is 0 Å². The fraction of sp³-hybridized carbons (Fsp3) is 0.526. The summed E-state index contributed by atoms with van der Waals surface area (Å²) in [5.41, 5.74) is 3.04. The van der Waals surface area contributed by atoms with E-state index in [1.807, 2.05) is 45.6 Å². The standard InChI is InChI=1S/C19H27N5O3/c1-22-9-2-3-16(22)5-7-19(27)23-10-11-24-17(14-23)13-15(21-24)4-6-18(26)20-8-12-25/h2-3,9,13,25H,4-8,10-12,14H2,1H3,(H,20,26). The molecule has 0 radical (unpaired) electrons. The molecule has 0 atom stereocenters. The number of nitrogens with one attached hydrogen (secondary N) is 1. The van der Waals surface area contributed by atoms with Crippen LogP contribution in [-0.4, -0.2) is 55.9 Å². The molecule has 2 aromatic rings. The number of aliphatic hydroxyl groups excluding tert-OH is 1. The van der Waals surface area contributed by atoms with Gasteiger partial charge in [0.05, 0.1) is 31.1 Å². The third-order valence-electron chi connectivity index (χ3n) is 4.89. The van der Waals surface area contributed by atoms with Crippen molar-refractivity contribution in [1.82, 2.24) is 24.6 Å². The summed E-state index contributed by atoms with van der Waals surface area (Å²) in [7, 11) is 1.99. The summed E-state index contributed by atoms with van der Waals surface area (Å²) in [5.74, 6) is 0.0704. The molecule has 0 aromatic carbocycles. The molecule has 1 aliphatic heterocycles. The quantitative estimate of drug-likeness (QED) is 0.693. The first-order valence-corrected chi connectivity index (χ1v) is 9.38. The molecule has 0 fully saturated rings. The number of aliphatic hydroxyl groups is 1. The molecule has 3 heterocycles. The SMILES string of the molecule is Cn1cccc1CCC(=O)N1CCn2nc(CCC(=O)NCCO)cc2C1. The third kappa shape index (κ3) is 4.97. The van der Waals surface area contributed by atoms with Gasteiger partial charge in [0.15, 0.2) is 0 Å². The first-order valence-electron chi connectivity index (χ1n) is 9.38. The molecule has 2 amide bonds. The fourth-order valence-corrected chi connectivity index (χ4v) is 3.34. The van der Waals surface area contributed by atoms with E-state index in [0.29, 0.717) is 38.9 Å². The number of nitrogens with zero attached hydrogens (tertiary/aromatic N) is 4. The van der Waals surface area contributed by atoms with E-state index in [1.54, 1.807) is 0 Å². The van der Waals surface area contributed by atoms with Gasteiger partial charge in [-0.25, -0.2) is 0 Å². The number of aromatic nitrogens is 3. The zero-order chi connectivity index (χ0) is 19.2. The lowest BCUT2D eigenvalue weighted by atomic mass is 10.2. The zero-order valence-electron chi connectivity index (χ0n) is 15.7. The van der Waals surface area contributed by atoms with Crippen LogP contribution in [0, 0.1) is 0 Å². The van der Waals surface area contributed by atoms with Gasteiger partial charge in [-0.3, -0.25) is 14.3 Å². The molecule has 146 valence electrons. The third-order valence-corrected chi connectivity index (χ3v) is 4.89. The van der Waals surface area contributed by atoms with Gasteiger partial charge in [0.1, 0.15) is 0 Å². The minimum absolute atomic E-state index is 0.0571. The van der Waals surface area contributed by atoms with E-state index in [4.69, 9.17) is 5.11 Å². The summed E-state index contributed by atoms with van der Waals surface area (Å²) >= 11 is 0. The van der Waals surface area contributed by atoms with E-state index >= 15 is 0 Å². The number of carbonyl (C=O) groups is 2. The van der Waals surface area contributed by atoms with Crippen molar-refractivity contribution in [1.29, 1.82) is 0 Å². The molecule has 27 heavy (non-hydrogen) atoms. The molecule has 2 N–H and O–H groups in total. The van der Waals surface area contributed by atoms with Crippen molar-refractivity contribution < 1.29 is 14.7 Å². The number of rotatable bonds is 8. The van der Waals surface area contributed by atoms with Crippen LogP contribution in [0.25, 0.3) is 0 Å². The molecule has 2 aromatic heterocycles. The van der Waals surface area contributed by atoms with Crippen molar-refractivity contribution in [3.8, 4) is 0 Å². The van der Waals surface area contributed by atoms with E-state index in [-0.39, 0.29) is 25.0 Å². The highest BCUT2D eigenvalue weighted by Gasteiger charge is 2.22. The Bertz CT molecular complexity index is 795. The highest BCUT2D eigenvalue weighted by Crippen LogP contribution is 2.16. The van der Waals surface area contributed by atoms with Gasteiger partial charge in [-0.05, 0) is 24.6 Å². The van der Waals surface area contributed by atoms with Gasteiger partial charge in [-0.15, -0.1) is 0 Å². The Morgan fingerprint density at radius 3 is 2.85 bits per heavy atom. The van der Waals surface area contributed by atoms with Crippen molar-refractivity contribution in [2.75, 3.05) is 19.7 Å². The molecule has 0 bridgehead atoms. The van der Waals surface area contributed by atoms with Crippen LogP contribution >= 0.6 is 0 Å². The Labute approximate surface area is 158 Å². The smallest absolute Gasteiger partial charge is 0.223 e. The van der Waals surface area contributed by atoms with Gasteiger partial charge in [0.2, 0.25) is 11.8 Å². The summed E-state index contributed by atoms with van der Waals surface area (Å²) in [6.45, 7) is 2.13. The summed E-state index contributed by atoms with van der Waals surface area (Å²) < 4.78 is 3.98. The van der Waals surface area contributed by atoms with Crippen molar-refractivity contribution in [2.24, 2.45) is 7.05 Å². The Balaban J connectivity index is 1.50. The molecule has 0 saturated carbocycles. The molecule has 8 nitrogen and oxygen atoms in total. The molecular weight excluding hydrogens is 346 g/mol. The highest BCUT2D eigenvalue weighted by molar-refractivity contribution is 5.76. The number of aryl methyl sites for hydroxylation is 3. The van der Waals surface area contributed by atoms with Gasteiger partial charge in [-0.1, -0.05) is 0 Å². The normalized spacial score (nSPS) is 13.5. The topological polar surface area (TPSA) is 92.4 Å². The second kappa shape index (κ2) is 8.85. The Kier molecular flexibility index (Phi) is 6.28. The predicted molar refractivity (Wildman–Crippen MR) is 99.8 cm³/mol. The van der Waals surface area contributed by atoms with Gasteiger partial charge in [0.25, 0.3) is 0 Å². The van der Waals surface area contributed by atoms with Crippen LogP contribution in [-0.2, 0) is 42.6 Å². The molecule has 8 heteroatoms. The molecule has 0 saturated heterocycles. The molecule has 0 unspecified atom stereocenters. The van der Waals surface area contributed by atoms with Gasteiger partial charge in [0, 0.05) is 51.3 Å². The first kappa shape index (κ1) is 19.2. The highest BCUT2D eigenvalue weighted by atomic mass is 16.3. The largest absolute Gasteiger partial charge is 0.395 e. The van der Waals surface area contributed by atoms with Crippen molar-refractivity contribution in [3.05, 3.63) is 41.5 Å². The van der Waals surface area contributed by atoms with Gasteiger partial charge < -0.3 is 19.9 Å². The summed E-state index contributed by atoms with van der Waals surface area (Å²) in [5, 5.41) is 15.9. The maximum absolute atomic E-state index is 12.6. The maximum atomic E-state index is 12.6. The summed E-state index contributed by atoms with van der Waals surface area (Å²) in [6, 6.07) is 6.02. The van der Waals surface area contributed by atoms with Crippen LogP contribution in [0.1, 0.15) is 29.9 Å². The second-order valence-electron chi connectivity index (χ2n) is 6.85. The van der Waals surface area contributed by atoms with E-state index in [2.05, 4.69) is 10.4 Å². The average Bonchev–Trinajstić information content (AvgIpc) is 3.27. The zero-order valence-corrected chi connectivity index (χ0v) is 15.7. The van der Waals surface area contributed by atoms with Crippen LogP contribution in [0.4, 0.5) is 0 Å². The molecule has 0 spiro atoms. The number of hydrogen-bond acceptors (Lipinski definition) is 4. The monoisotopic (exact) mass is 373 g/mol. The second-order valence-corrected chi connectivity index (χ2v) is 6.85. The van der Waals surface area contributed by atoms with E-state index in [1.165, 1.54) is 0 Å². The maximum Gasteiger partial charge on any atom is 0.223 e. The van der Waals surface area contributed by atoms with E-state index in [9.17, 15) is 9.59 Å². The lowest BCUT2D eigenvalue weighted by Gasteiger charge is -2.27. The number of amides is 2. The van der Waals surface area contributed by atoms with Crippen LogP contribution in [0.15, 0.2) is 24.4 Å². The molecule has 1 aliphatic rings. The molecule has 3 rings (SSSR count). The Morgan fingerprint density at radius 1 is 1.26 bits per heavy atom. The Morgan fingerprint density at radius 2 is 2.11 bits per heavy atom. The summed E-state index contributed by atoms with van der Waals surface area (Å²) in [4.78, 5) is 26.1. The predicted octanol–water partition coefficient (Wildman–Crippen LogP) is 0.238. The number of carbonyl (C=O) groups excluding carboxylic acids is 2.